The van der Waals surface area contributed by atoms with Crippen LogP contribution in [0, 0.1) is 0 Å². The average molecular weight is 311 g/mol. The van der Waals surface area contributed by atoms with E-state index in [1.54, 1.807) is 18.3 Å². The second kappa shape index (κ2) is 5.48. The molecule has 3 aromatic heterocycles. The summed E-state index contributed by atoms with van der Waals surface area (Å²) in [4.78, 5) is 17.8. The molecule has 10 heteroatoms. The molecule has 10 nitrogen and oxygen atoms in total. The van der Waals surface area contributed by atoms with E-state index in [4.69, 9.17) is 0 Å². The van der Waals surface area contributed by atoms with Crippen LogP contribution in [0.25, 0.3) is 5.65 Å². The van der Waals surface area contributed by atoms with E-state index in [2.05, 4.69) is 36.2 Å². The number of carbonyl (C=O) groups is 1. The van der Waals surface area contributed by atoms with E-state index in [0.717, 1.165) is 18.1 Å². The Kier molecular flexibility index (Phi) is 3.18. The molecule has 0 spiro atoms. The molecule has 1 aliphatic heterocycles. The molecule has 2 N–H and O–H groups in total. The van der Waals surface area contributed by atoms with Crippen LogP contribution in [0.4, 0.5) is 17.3 Å². The first kappa shape index (κ1) is 13.4. The number of piperazine rings is 1. The highest BCUT2D eigenvalue weighted by Gasteiger charge is 2.17. The van der Waals surface area contributed by atoms with Crippen molar-refractivity contribution < 1.29 is 4.79 Å². The van der Waals surface area contributed by atoms with Crippen molar-refractivity contribution in [3.8, 4) is 0 Å². The molecule has 1 fully saturated rings. The van der Waals surface area contributed by atoms with E-state index < -0.39 is 0 Å². The predicted octanol–water partition coefficient (Wildman–Crippen LogP) is -0.406. The molecule has 1 saturated heterocycles. The monoisotopic (exact) mass is 311 g/mol. The number of fused-ring (bicyclic) bond motifs is 1. The summed E-state index contributed by atoms with van der Waals surface area (Å²) in [5.74, 6) is 1.39. The Morgan fingerprint density at radius 1 is 1.22 bits per heavy atom. The highest BCUT2D eigenvalue weighted by molar-refractivity contribution is 5.82. The van der Waals surface area contributed by atoms with Gasteiger partial charge in [0.2, 0.25) is 5.91 Å². The number of nitrogens with one attached hydrogen (secondary N) is 2. The molecule has 0 unspecified atom stereocenters. The third kappa shape index (κ3) is 2.73. The summed E-state index contributed by atoms with van der Waals surface area (Å²) in [5, 5.41) is 21.2. The number of hydrogen-bond donors (Lipinski definition) is 2. The summed E-state index contributed by atoms with van der Waals surface area (Å²) >= 11 is 0. The Hall–Kier alpha value is -3.30. The fourth-order valence-electron chi connectivity index (χ4n) is 2.35. The normalized spacial score (nSPS) is 14.8. The zero-order chi connectivity index (χ0) is 15.6. The maximum Gasteiger partial charge on any atom is 0.239 e. The summed E-state index contributed by atoms with van der Waals surface area (Å²) in [5.41, 5.74) is 1.36. The molecule has 116 valence electrons. The van der Waals surface area contributed by atoms with Crippen molar-refractivity contribution in [1.29, 1.82) is 0 Å². The van der Waals surface area contributed by atoms with E-state index in [-0.39, 0.29) is 5.91 Å². The van der Waals surface area contributed by atoms with Gasteiger partial charge in [0.05, 0.1) is 18.4 Å². The molecule has 0 saturated carbocycles. The van der Waals surface area contributed by atoms with E-state index >= 15 is 0 Å². The smallest absolute Gasteiger partial charge is 0.239 e. The molecule has 0 bridgehead atoms. The molecule has 4 heterocycles. The van der Waals surface area contributed by atoms with Gasteiger partial charge in [-0.25, -0.2) is 4.98 Å². The number of tetrazole rings is 1. The largest absolute Gasteiger partial charge is 0.353 e. The van der Waals surface area contributed by atoms with Gasteiger partial charge in [0, 0.05) is 13.1 Å². The van der Waals surface area contributed by atoms with Crippen molar-refractivity contribution in [2.75, 3.05) is 29.9 Å². The van der Waals surface area contributed by atoms with Crippen LogP contribution in [-0.2, 0) is 4.79 Å². The van der Waals surface area contributed by atoms with Gasteiger partial charge in [0.15, 0.2) is 11.5 Å². The molecule has 4 rings (SSSR count). The first-order valence-corrected chi connectivity index (χ1v) is 7.08. The number of hydrogen-bond acceptors (Lipinski definition) is 8. The molecular weight excluding hydrogens is 298 g/mol. The fraction of sp³-hybridized carbons (Fsp3) is 0.231. The molecule has 0 atom stereocenters. The van der Waals surface area contributed by atoms with Gasteiger partial charge >= 0.3 is 0 Å². The van der Waals surface area contributed by atoms with Crippen molar-refractivity contribution in [3.05, 3.63) is 30.5 Å². The highest BCUT2D eigenvalue weighted by Crippen LogP contribution is 2.17. The van der Waals surface area contributed by atoms with E-state index in [1.165, 1.54) is 4.63 Å². The summed E-state index contributed by atoms with van der Waals surface area (Å²) in [7, 11) is 0. The van der Waals surface area contributed by atoms with Gasteiger partial charge in [0.25, 0.3) is 0 Å². The van der Waals surface area contributed by atoms with Crippen molar-refractivity contribution >= 4 is 28.9 Å². The number of amides is 1. The average Bonchev–Trinajstić information content (AvgIpc) is 3.03. The van der Waals surface area contributed by atoms with E-state index in [0.29, 0.717) is 24.6 Å². The Bertz CT molecular complexity index is 844. The minimum Gasteiger partial charge on any atom is -0.353 e. The highest BCUT2D eigenvalue weighted by atomic mass is 16.2. The molecule has 0 aromatic carbocycles. The Morgan fingerprint density at radius 2 is 2.17 bits per heavy atom. The lowest BCUT2D eigenvalue weighted by Crippen LogP contribution is -2.48. The van der Waals surface area contributed by atoms with Gasteiger partial charge in [-0.1, -0.05) is 0 Å². The van der Waals surface area contributed by atoms with Gasteiger partial charge in [-0.2, -0.15) is 0 Å². The van der Waals surface area contributed by atoms with E-state index in [1.807, 2.05) is 17.0 Å². The standard InChI is InChI=1S/C13H13N9O/c23-13-8-21(6-5-14-13)11-3-1-9(7-15-11)16-10-2-4-12-17-19-20-22(12)18-10/h1-4,7H,5-6,8H2,(H,14,23)(H,16,18). The van der Waals surface area contributed by atoms with Gasteiger partial charge in [0.1, 0.15) is 5.82 Å². The number of anilines is 3. The van der Waals surface area contributed by atoms with Crippen molar-refractivity contribution in [2.24, 2.45) is 0 Å². The predicted molar refractivity (Wildman–Crippen MR) is 81.3 cm³/mol. The third-order valence-electron chi connectivity index (χ3n) is 3.45. The molecule has 1 amide bonds. The Morgan fingerprint density at radius 3 is 3.00 bits per heavy atom. The van der Waals surface area contributed by atoms with E-state index in [9.17, 15) is 4.79 Å². The SMILES string of the molecule is O=C1CN(c2ccc(Nc3ccc4nnnn4n3)cn2)CCN1. The van der Waals surface area contributed by atoms with Crippen LogP contribution in [0.1, 0.15) is 0 Å². The minimum atomic E-state index is 0.0131. The maximum absolute atomic E-state index is 11.4. The molecule has 3 aromatic rings. The third-order valence-corrected chi connectivity index (χ3v) is 3.45. The molecule has 23 heavy (non-hydrogen) atoms. The molecule has 0 aliphatic carbocycles. The first-order valence-electron chi connectivity index (χ1n) is 7.08. The number of carbonyl (C=O) groups excluding carboxylic acids is 1. The zero-order valence-corrected chi connectivity index (χ0v) is 12.0. The van der Waals surface area contributed by atoms with Crippen LogP contribution < -0.4 is 15.5 Å². The summed E-state index contributed by atoms with van der Waals surface area (Å²) in [6.45, 7) is 1.72. The number of aromatic nitrogens is 6. The lowest BCUT2D eigenvalue weighted by atomic mass is 10.3. The fourth-order valence-corrected chi connectivity index (χ4v) is 2.35. The molecule has 0 radical (unpaired) electrons. The molecular formula is C13H13N9O. The quantitative estimate of drug-likeness (QED) is 0.671. The van der Waals surface area contributed by atoms with Gasteiger partial charge in [-0.15, -0.1) is 14.8 Å². The van der Waals surface area contributed by atoms with Crippen LogP contribution in [0.3, 0.4) is 0 Å². The number of rotatable bonds is 3. The van der Waals surface area contributed by atoms with Crippen LogP contribution in [-0.4, -0.2) is 55.8 Å². The van der Waals surface area contributed by atoms with Crippen LogP contribution >= 0.6 is 0 Å². The summed E-state index contributed by atoms with van der Waals surface area (Å²) in [6.07, 6.45) is 1.70. The van der Waals surface area contributed by atoms with Crippen LogP contribution in [0.2, 0.25) is 0 Å². The number of nitrogens with zero attached hydrogens (tertiary/aromatic N) is 7. The van der Waals surface area contributed by atoms with Crippen molar-refractivity contribution in [2.45, 2.75) is 0 Å². The number of pyridine rings is 1. The summed E-state index contributed by atoms with van der Waals surface area (Å²) in [6, 6.07) is 7.31. The molecule has 1 aliphatic rings. The van der Waals surface area contributed by atoms with Gasteiger partial charge in [-0.05, 0) is 34.7 Å². The maximum atomic E-state index is 11.4. The Balaban J connectivity index is 1.50. The lowest BCUT2D eigenvalue weighted by Gasteiger charge is -2.27. The summed E-state index contributed by atoms with van der Waals surface area (Å²) < 4.78 is 1.34. The van der Waals surface area contributed by atoms with Crippen LogP contribution in [0.5, 0.6) is 0 Å². The van der Waals surface area contributed by atoms with Crippen molar-refractivity contribution in [3.63, 3.8) is 0 Å². The van der Waals surface area contributed by atoms with Gasteiger partial charge < -0.3 is 15.5 Å². The van der Waals surface area contributed by atoms with Gasteiger partial charge in [-0.3, -0.25) is 4.79 Å². The topological polar surface area (TPSA) is 113 Å². The lowest BCUT2D eigenvalue weighted by molar-refractivity contribution is -0.120. The second-order valence-corrected chi connectivity index (χ2v) is 5.05. The first-order chi connectivity index (χ1) is 11.3. The Labute approximate surface area is 130 Å². The minimum absolute atomic E-state index is 0.0131. The second-order valence-electron chi connectivity index (χ2n) is 5.05. The van der Waals surface area contributed by atoms with Crippen LogP contribution in [0.15, 0.2) is 30.5 Å². The zero-order valence-electron chi connectivity index (χ0n) is 12.0. The van der Waals surface area contributed by atoms with Crippen molar-refractivity contribution in [1.82, 2.24) is 35.6 Å².